The minimum absolute atomic E-state index is 0.915. The molecule has 0 aliphatic rings. The lowest BCUT2D eigenvalue weighted by molar-refractivity contribution is 0.385. The minimum Gasteiger partial charge on any atom is -0.356 e. The van der Waals surface area contributed by atoms with Crippen molar-refractivity contribution in [1.82, 2.24) is 14.5 Å². The summed E-state index contributed by atoms with van der Waals surface area (Å²) in [6.45, 7) is 7.04. The van der Waals surface area contributed by atoms with E-state index in [0.717, 1.165) is 31.3 Å². The van der Waals surface area contributed by atoms with Crippen molar-refractivity contribution >= 4 is 5.95 Å². The zero-order valence-electron chi connectivity index (χ0n) is 9.54. The number of anilines is 1. The molecule has 0 radical (unpaired) electrons. The normalized spacial score (nSPS) is 10.9. The zero-order chi connectivity index (χ0) is 10.6. The van der Waals surface area contributed by atoms with Crippen molar-refractivity contribution in [2.45, 2.75) is 20.4 Å². The minimum atomic E-state index is 0.915. The molecule has 0 saturated heterocycles. The van der Waals surface area contributed by atoms with E-state index in [2.05, 4.69) is 47.0 Å². The fourth-order valence-corrected chi connectivity index (χ4v) is 1.32. The van der Waals surface area contributed by atoms with Gasteiger partial charge in [-0.2, -0.15) is 0 Å². The second-order valence-electron chi connectivity index (χ2n) is 3.73. The van der Waals surface area contributed by atoms with Gasteiger partial charge in [0.15, 0.2) is 0 Å². The summed E-state index contributed by atoms with van der Waals surface area (Å²) in [6, 6.07) is 0. The van der Waals surface area contributed by atoms with Gasteiger partial charge in [0.2, 0.25) is 5.95 Å². The molecule has 0 spiro atoms. The lowest BCUT2D eigenvalue weighted by Crippen LogP contribution is -2.19. The predicted octanol–water partition coefficient (Wildman–Crippen LogP) is 1.18. The highest BCUT2D eigenvalue weighted by molar-refractivity contribution is 5.28. The Morgan fingerprint density at radius 3 is 2.79 bits per heavy atom. The lowest BCUT2D eigenvalue weighted by Gasteiger charge is -2.12. The number of aryl methyl sites for hydroxylation is 1. The summed E-state index contributed by atoms with van der Waals surface area (Å²) in [6.07, 6.45) is 2.08. The molecule has 80 valence electrons. The van der Waals surface area contributed by atoms with Gasteiger partial charge in [-0.1, -0.05) is 0 Å². The highest BCUT2D eigenvalue weighted by Gasteiger charge is 2.03. The molecule has 1 heterocycles. The number of hydrogen-bond donors (Lipinski definition) is 1. The third kappa shape index (κ3) is 3.03. The Bertz CT molecular complexity index is 278. The van der Waals surface area contributed by atoms with Gasteiger partial charge in [-0.05, 0) is 27.9 Å². The molecule has 0 atom stereocenters. The Hall–Kier alpha value is -1.03. The van der Waals surface area contributed by atoms with E-state index < -0.39 is 0 Å². The molecule has 0 amide bonds. The van der Waals surface area contributed by atoms with Crippen LogP contribution in [0, 0.1) is 6.92 Å². The van der Waals surface area contributed by atoms with Crippen LogP contribution in [0.1, 0.15) is 12.6 Å². The molecule has 0 aliphatic heterocycles. The molecular formula is C10H20N4. The number of hydrogen-bond acceptors (Lipinski definition) is 3. The molecule has 0 aliphatic carbocycles. The van der Waals surface area contributed by atoms with E-state index in [-0.39, 0.29) is 0 Å². The lowest BCUT2D eigenvalue weighted by atomic mass is 10.5. The highest BCUT2D eigenvalue weighted by Crippen LogP contribution is 2.07. The first-order chi connectivity index (χ1) is 6.63. The zero-order valence-corrected chi connectivity index (χ0v) is 9.54. The van der Waals surface area contributed by atoms with Crippen LogP contribution in [0.4, 0.5) is 5.95 Å². The first-order valence-electron chi connectivity index (χ1n) is 5.06. The van der Waals surface area contributed by atoms with Crippen LogP contribution in [0.15, 0.2) is 6.20 Å². The van der Waals surface area contributed by atoms with Crippen LogP contribution in [-0.2, 0) is 6.54 Å². The van der Waals surface area contributed by atoms with E-state index in [1.165, 1.54) is 0 Å². The maximum Gasteiger partial charge on any atom is 0.203 e. The van der Waals surface area contributed by atoms with Crippen molar-refractivity contribution < 1.29 is 0 Å². The van der Waals surface area contributed by atoms with Crippen LogP contribution in [0.2, 0.25) is 0 Å². The largest absolute Gasteiger partial charge is 0.356 e. The Morgan fingerprint density at radius 1 is 1.50 bits per heavy atom. The number of likely N-dealkylation sites (N-methyl/N-ethyl adjacent to an activating group) is 1. The van der Waals surface area contributed by atoms with E-state index >= 15 is 0 Å². The van der Waals surface area contributed by atoms with Gasteiger partial charge in [0.05, 0.1) is 5.69 Å². The molecule has 4 nitrogen and oxygen atoms in total. The monoisotopic (exact) mass is 196 g/mol. The maximum atomic E-state index is 4.41. The van der Waals surface area contributed by atoms with Crippen molar-refractivity contribution in [3.05, 3.63) is 11.9 Å². The van der Waals surface area contributed by atoms with Crippen molar-refractivity contribution in [2.24, 2.45) is 0 Å². The second-order valence-corrected chi connectivity index (χ2v) is 3.73. The van der Waals surface area contributed by atoms with Gasteiger partial charge in [0.25, 0.3) is 0 Å². The van der Waals surface area contributed by atoms with E-state index in [1.807, 2.05) is 6.92 Å². The summed E-state index contributed by atoms with van der Waals surface area (Å²) >= 11 is 0. The SMILES string of the molecule is CCNc1nc(C)cn1CCN(C)C. The summed E-state index contributed by atoms with van der Waals surface area (Å²) in [7, 11) is 4.16. The summed E-state index contributed by atoms with van der Waals surface area (Å²) in [5.74, 6) is 0.979. The first kappa shape index (κ1) is 11.0. The fraction of sp³-hybridized carbons (Fsp3) is 0.700. The fourth-order valence-electron chi connectivity index (χ4n) is 1.32. The molecule has 0 bridgehead atoms. The molecule has 14 heavy (non-hydrogen) atoms. The maximum absolute atomic E-state index is 4.41. The summed E-state index contributed by atoms with van der Waals surface area (Å²) in [4.78, 5) is 6.58. The summed E-state index contributed by atoms with van der Waals surface area (Å²) in [5, 5.41) is 3.25. The molecule has 1 aromatic rings. The topological polar surface area (TPSA) is 33.1 Å². The van der Waals surface area contributed by atoms with Crippen LogP contribution < -0.4 is 5.32 Å². The van der Waals surface area contributed by atoms with E-state index in [9.17, 15) is 0 Å². The van der Waals surface area contributed by atoms with E-state index in [4.69, 9.17) is 0 Å². The molecule has 0 aromatic carbocycles. The van der Waals surface area contributed by atoms with Gasteiger partial charge in [-0.15, -0.1) is 0 Å². The van der Waals surface area contributed by atoms with Crippen LogP contribution in [0.3, 0.4) is 0 Å². The summed E-state index contributed by atoms with van der Waals surface area (Å²) < 4.78 is 2.17. The Labute approximate surface area is 85.9 Å². The molecule has 0 fully saturated rings. The van der Waals surface area contributed by atoms with Crippen LogP contribution in [0.25, 0.3) is 0 Å². The van der Waals surface area contributed by atoms with Gasteiger partial charge in [0.1, 0.15) is 0 Å². The number of rotatable bonds is 5. The smallest absolute Gasteiger partial charge is 0.203 e. The van der Waals surface area contributed by atoms with Gasteiger partial charge in [0, 0.05) is 25.8 Å². The summed E-state index contributed by atoms with van der Waals surface area (Å²) in [5.41, 5.74) is 1.07. The van der Waals surface area contributed by atoms with Gasteiger partial charge < -0.3 is 14.8 Å². The molecule has 1 aromatic heterocycles. The van der Waals surface area contributed by atoms with Gasteiger partial charge >= 0.3 is 0 Å². The molecule has 4 heteroatoms. The number of imidazole rings is 1. The van der Waals surface area contributed by atoms with Crippen LogP contribution >= 0.6 is 0 Å². The predicted molar refractivity (Wildman–Crippen MR) is 59.7 cm³/mol. The Morgan fingerprint density at radius 2 is 2.21 bits per heavy atom. The number of aromatic nitrogens is 2. The standard InChI is InChI=1S/C10H20N4/c1-5-11-10-12-9(2)8-14(10)7-6-13(3)4/h8H,5-7H2,1-4H3,(H,11,12). The van der Waals surface area contributed by atoms with Crippen molar-refractivity contribution in [2.75, 3.05) is 32.5 Å². The molecule has 0 saturated carbocycles. The average Bonchev–Trinajstić information content (AvgIpc) is 2.44. The quantitative estimate of drug-likeness (QED) is 0.768. The van der Waals surface area contributed by atoms with Crippen molar-refractivity contribution in [1.29, 1.82) is 0 Å². The van der Waals surface area contributed by atoms with Crippen LogP contribution in [0.5, 0.6) is 0 Å². The number of nitrogens with zero attached hydrogens (tertiary/aromatic N) is 3. The highest BCUT2D eigenvalue weighted by atomic mass is 15.2. The van der Waals surface area contributed by atoms with Crippen LogP contribution in [-0.4, -0.2) is 41.6 Å². The van der Waals surface area contributed by atoms with E-state index in [1.54, 1.807) is 0 Å². The Balaban J connectivity index is 2.63. The second kappa shape index (κ2) is 5.00. The molecule has 0 unspecified atom stereocenters. The van der Waals surface area contributed by atoms with Crippen molar-refractivity contribution in [3.63, 3.8) is 0 Å². The van der Waals surface area contributed by atoms with E-state index in [0.29, 0.717) is 0 Å². The molecular weight excluding hydrogens is 176 g/mol. The van der Waals surface area contributed by atoms with Gasteiger partial charge in [-0.3, -0.25) is 0 Å². The Kier molecular flexibility index (Phi) is 3.95. The third-order valence-corrected chi connectivity index (χ3v) is 2.02. The third-order valence-electron chi connectivity index (χ3n) is 2.02. The van der Waals surface area contributed by atoms with Gasteiger partial charge in [-0.25, -0.2) is 4.98 Å². The first-order valence-corrected chi connectivity index (χ1v) is 5.06. The average molecular weight is 196 g/mol. The number of nitrogens with one attached hydrogen (secondary N) is 1. The van der Waals surface area contributed by atoms with Crippen molar-refractivity contribution in [3.8, 4) is 0 Å². The molecule has 1 N–H and O–H groups in total. The molecule has 1 rings (SSSR count).